The van der Waals surface area contributed by atoms with Gasteiger partial charge in [-0.2, -0.15) is 0 Å². The number of fused-ring (bicyclic) bond motifs is 2. The summed E-state index contributed by atoms with van der Waals surface area (Å²) < 4.78 is 69.8. The molecule has 754 valence electrons. The van der Waals surface area contributed by atoms with Crippen molar-refractivity contribution < 1.29 is 60.7 Å². The number of nitrogens with one attached hydrogen (secondary N) is 5. The number of anilines is 8. The summed E-state index contributed by atoms with van der Waals surface area (Å²) in [6.45, 7) is 36.9. The highest BCUT2D eigenvalue weighted by molar-refractivity contribution is 9.10. The van der Waals surface area contributed by atoms with E-state index in [1.165, 1.54) is 101 Å². The number of rotatable bonds is 19. The lowest BCUT2D eigenvalue weighted by molar-refractivity contribution is -0.141. The van der Waals surface area contributed by atoms with Gasteiger partial charge in [0.2, 0.25) is 17.7 Å². The molecule has 3 aromatic carbocycles. The first-order chi connectivity index (χ1) is 67.1. The topological polar surface area (TPSA) is 351 Å². The molecule has 0 bridgehead atoms. The number of amides is 5. The normalized spacial score (nSPS) is 20.0. The third-order valence-corrected chi connectivity index (χ3v) is 31.3. The average molecular weight is 2110 g/mol. The van der Waals surface area contributed by atoms with E-state index < -0.39 is 49.9 Å². The summed E-state index contributed by atoms with van der Waals surface area (Å²) in [5, 5.41) is 14.4. The number of nitrogens with zero attached hydrogens (tertiary/aromatic N) is 14. The number of benzene rings is 3. The molecule has 10 aromatic rings. The van der Waals surface area contributed by atoms with E-state index in [1.54, 1.807) is 45.7 Å². The molecule has 2 aliphatic carbocycles. The zero-order chi connectivity index (χ0) is 103. The molecule has 142 heavy (non-hydrogen) atoms. The molecule has 18 rings (SSSR count). The number of carbonyl (C=O) groups excluding carboxylic acids is 5. The summed E-state index contributed by atoms with van der Waals surface area (Å²) in [5.74, 6) is -1.36. The van der Waals surface area contributed by atoms with Crippen LogP contribution in [0.1, 0.15) is 205 Å². The molecular formula is C100H126B3Br2F2N19O14S2. The lowest BCUT2D eigenvalue weighted by Gasteiger charge is -2.38. The Balaban J connectivity index is 0.000000146. The van der Waals surface area contributed by atoms with Gasteiger partial charge in [0.15, 0.2) is 40.7 Å². The summed E-state index contributed by atoms with van der Waals surface area (Å²) in [7, 11) is 9.20. The number of aromatic nitrogens is 8. The number of halogens is 4. The Kier molecular flexibility index (Phi) is 33.3. The minimum absolute atomic E-state index is 0.0456. The zero-order valence-corrected chi connectivity index (χ0v) is 89.2. The Morgan fingerprint density at radius 3 is 1.10 bits per heavy atom. The van der Waals surface area contributed by atoms with Crippen LogP contribution in [0.3, 0.4) is 0 Å². The van der Waals surface area contributed by atoms with Gasteiger partial charge in [-0.05, 0) is 309 Å². The van der Waals surface area contributed by atoms with E-state index in [-0.39, 0.29) is 110 Å². The lowest BCUT2D eigenvalue weighted by Crippen LogP contribution is -2.50. The van der Waals surface area contributed by atoms with Crippen LogP contribution in [0.15, 0.2) is 151 Å². The molecule has 5 N–H and O–H groups in total. The average Bonchev–Trinajstić information content (AvgIpc) is 1.60. The van der Waals surface area contributed by atoms with Crippen molar-refractivity contribution in [3.63, 3.8) is 0 Å². The van der Waals surface area contributed by atoms with E-state index in [9.17, 15) is 47.1 Å². The van der Waals surface area contributed by atoms with Crippen LogP contribution in [-0.4, -0.2) is 232 Å². The van der Waals surface area contributed by atoms with Crippen LogP contribution in [0.25, 0.3) is 11.4 Å². The maximum atomic E-state index is 14.8. The van der Waals surface area contributed by atoms with Crippen molar-refractivity contribution in [1.29, 1.82) is 0 Å². The van der Waals surface area contributed by atoms with Crippen molar-refractivity contribution in [1.82, 2.24) is 68.0 Å². The largest absolute Gasteiger partial charge is 0.516 e. The van der Waals surface area contributed by atoms with Gasteiger partial charge < -0.3 is 82.9 Å². The van der Waals surface area contributed by atoms with Crippen LogP contribution in [0.4, 0.5) is 54.9 Å². The Hall–Kier alpha value is -10.6. The number of hydrogen-bond donors (Lipinski definition) is 5. The predicted octanol–water partition coefficient (Wildman–Crippen LogP) is 15.0. The molecule has 3 atom stereocenters. The van der Waals surface area contributed by atoms with Crippen LogP contribution in [0, 0.1) is 11.6 Å². The number of piperazine rings is 3. The second-order valence-electron chi connectivity index (χ2n) is 39.6. The van der Waals surface area contributed by atoms with Crippen molar-refractivity contribution in [3.8, 4) is 11.4 Å². The first kappa shape index (κ1) is 107. The number of pyridine rings is 2. The molecule has 7 aromatic heterocycles. The molecular weight excluding hydrogens is 1990 g/mol. The van der Waals surface area contributed by atoms with E-state index in [4.69, 9.17) is 27.9 Å². The van der Waals surface area contributed by atoms with E-state index in [1.807, 2.05) is 217 Å². The minimum Gasteiger partial charge on any atom is -0.405 e. The summed E-state index contributed by atoms with van der Waals surface area (Å²) in [6.07, 6.45) is 13.3. The second kappa shape index (κ2) is 44.1. The molecule has 13 heterocycles. The van der Waals surface area contributed by atoms with E-state index in [0.29, 0.717) is 67.0 Å². The molecule has 6 saturated heterocycles. The quantitative estimate of drug-likeness (QED) is 0.0371. The van der Waals surface area contributed by atoms with E-state index in [2.05, 4.69) is 93.2 Å². The van der Waals surface area contributed by atoms with Crippen molar-refractivity contribution in [3.05, 3.63) is 227 Å². The molecule has 0 radical (unpaired) electrons. The van der Waals surface area contributed by atoms with Gasteiger partial charge in [-0.25, -0.2) is 33.7 Å². The molecule has 0 saturated carbocycles. The fraction of sp³-hybridized carbons (Fsp3) is 0.470. The standard InChI is InChI=1S/C32H34FN7O3S.C24H34BN5O4.C18H22BrN5O2.C14H12BrFN2OS.C12H24B2O4/c1-4-40-16-15-38(2)27(31(40)42)19-9-11-21(12-10-19)34-29-32(43)39(3)18-24(36-29)23-14-13-22(33)28(35-23)37-30(41)26-17-20-7-5-6-8-25(20)44-26;1-8-30-14-13-28(6)19(21(30)31)16-9-11-17(12-10-16)26-20-22(32)29(7)15-18(27-20)25-33-23(2,3)24(4,5)34-25;1-4-24-10-9-22(2)15(17(24)25)12-5-7-13(8-6-12)20-16-18(26)23(3)11-14(19)21-16;15-12-6-5-9(16)13(17-12)18-14(19)11-7-8-3-1-2-4-10(8)20-11;1-9(2)10(3,4)16-13(15-9)14-17-11(5,6)12(7,8)18-14/h9-14,17-18,27H,4-8,15-16H2,1-3H3,(H,34,36)(H,35,37,41);9-12,15,19H,8,13-14H2,1-7H3,(H,26,27);5-8,11,15H,4,9-10H2,1-3H3,(H,20,21);5-7H,1-4H2,(H,17,18,19);1-8H3. The number of aryl methyl sites for hydroxylation is 7. The van der Waals surface area contributed by atoms with Crippen molar-refractivity contribution in [2.24, 2.45) is 21.1 Å². The Morgan fingerprint density at radius 2 is 0.718 bits per heavy atom. The lowest BCUT2D eigenvalue weighted by atomic mass is 9.49. The highest BCUT2D eigenvalue weighted by atomic mass is 79.9. The molecule has 5 amide bonds. The second-order valence-corrected chi connectivity index (χ2v) is 43.5. The SMILES string of the molecule is CC1(C)OB(B2OC(C)(C)C(C)(C)O2)OC1(C)C.CCN1CCN(C)C(c2ccc(Nc3nc(-c4ccc(F)c(NC(=O)c5cc6c(s5)CCCC6)n4)cn(C)c3=O)cc2)C1=O.CCN1CCN(C)C(c2ccc(Nc3nc(B4OC(C)(C)C(C)(C)O4)cn(C)c3=O)cc2)C1=O.CCN1CCN(C)C(c2ccc(Nc3nc(Br)cn(C)c3=O)cc2)C1=O.O=C(Nc1nc(Br)ccc1F)c1cc2c(s1)CCCC2. The maximum Gasteiger partial charge on any atom is 0.516 e. The number of hydrogen-bond acceptors (Lipinski definition) is 27. The summed E-state index contributed by atoms with van der Waals surface area (Å²) in [6, 6.07) is 30.8. The number of likely N-dealkylation sites (N-methyl/N-ethyl adjacent to an activating group) is 6. The fourth-order valence-electron chi connectivity index (χ4n) is 17.4. The molecule has 6 fully saturated rings. The summed E-state index contributed by atoms with van der Waals surface area (Å²) in [5.41, 5.74) is 5.09. The Morgan fingerprint density at radius 1 is 0.394 bits per heavy atom. The first-order valence-corrected chi connectivity index (χ1v) is 51.2. The van der Waals surface area contributed by atoms with Gasteiger partial charge in [0.25, 0.3) is 28.5 Å². The van der Waals surface area contributed by atoms with E-state index in [0.717, 1.165) is 100 Å². The molecule has 6 aliphatic heterocycles. The monoisotopic (exact) mass is 2110 g/mol. The molecule has 0 spiro atoms. The molecule has 8 aliphatic rings. The Bertz CT molecular complexity index is 6380. The highest BCUT2D eigenvalue weighted by Crippen LogP contribution is 2.45. The maximum absolute atomic E-state index is 14.8. The minimum atomic E-state index is -0.672. The van der Waals surface area contributed by atoms with Crippen LogP contribution in [0.5, 0.6) is 0 Å². The van der Waals surface area contributed by atoms with Gasteiger partial charge in [0.1, 0.15) is 33.0 Å². The summed E-state index contributed by atoms with van der Waals surface area (Å²) >= 11 is 9.40. The molecule has 42 heteroatoms. The third kappa shape index (κ3) is 24.1. The van der Waals surface area contributed by atoms with Gasteiger partial charge in [-0.15, -0.1) is 22.7 Å². The number of thiophene rings is 2. The van der Waals surface area contributed by atoms with Gasteiger partial charge in [-0.3, -0.25) is 53.1 Å². The van der Waals surface area contributed by atoms with E-state index >= 15 is 0 Å². The Labute approximate surface area is 853 Å². The molecule has 3 unspecified atom stereocenters. The van der Waals surface area contributed by atoms with Gasteiger partial charge in [0.05, 0.1) is 54.6 Å². The summed E-state index contributed by atoms with van der Waals surface area (Å²) in [4.78, 5) is 139. The first-order valence-electron chi connectivity index (χ1n) is 47.9. The van der Waals surface area contributed by atoms with Crippen LogP contribution < -0.4 is 48.9 Å². The predicted molar refractivity (Wildman–Crippen MR) is 559 cm³/mol. The van der Waals surface area contributed by atoms with Crippen molar-refractivity contribution in [2.75, 3.05) is 107 Å². The zero-order valence-electron chi connectivity index (χ0n) is 84.4. The van der Waals surface area contributed by atoms with Gasteiger partial charge in [0, 0.05) is 125 Å². The van der Waals surface area contributed by atoms with Crippen molar-refractivity contribution in [2.45, 2.75) is 207 Å². The molecule has 33 nitrogen and oxygen atoms in total. The number of carbonyl (C=O) groups is 5. The van der Waals surface area contributed by atoms with Crippen LogP contribution >= 0.6 is 54.5 Å². The van der Waals surface area contributed by atoms with Crippen LogP contribution in [0.2, 0.25) is 0 Å². The fourth-order valence-corrected chi connectivity index (χ4v) is 20.5. The van der Waals surface area contributed by atoms with Gasteiger partial charge >= 0.3 is 21.1 Å². The van der Waals surface area contributed by atoms with Crippen LogP contribution in [-0.2, 0) is 89.1 Å². The smallest absolute Gasteiger partial charge is 0.405 e. The third-order valence-electron chi connectivity index (χ3n) is 28.0. The van der Waals surface area contributed by atoms with Gasteiger partial charge in [-0.1, -0.05) is 36.4 Å². The highest BCUT2D eigenvalue weighted by Gasteiger charge is 2.64. The van der Waals surface area contributed by atoms with Crippen molar-refractivity contribution >= 4 is 157 Å².